The van der Waals surface area contributed by atoms with E-state index in [-0.39, 0.29) is 5.11 Å². The second-order valence-corrected chi connectivity index (χ2v) is 10.3. The van der Waals surface area contributed by atoms with Crippen molar-refractivity contribution in [1.29, 1.82) is 0 Å². The zero-order chi connectivity index (χ0) is 27.5. The zero-order valence-electron chi connectivity index (χ0n) is 21.0. The molecule has 1 amide bonds. The highest BCUT2D eigenvalue weighted by molar-refractivity contribution is 7.80. The van der Waals surface area contributed by atoms with Crippen molar-refractivity contribution in [2.75, 3.05) is 5.32 Å². The second-order valence-electron chi connectivity index (χ2n) is 9.06. The fourth-order valence-electron chi connectivity index (χ4n) is 3.91. The summed E-state index contributed by atoms with van der Waals surface area (Å²) in [5.74, 6) is 1.50. The Hall–Kier alpha value is -3.91. The van der Waals surface area contributed by atoms with Gasteiger partial charge in [-0.3, -0.25) is 10.1 Å². The molecule has 0 unspecified atom stereocenters. The first-order valence-corrected chi connectivity index (χ1v) is 13.3. The minimum absolute atomic E-state index is 0.145. The van der Waals surface area contributed by atoms with E-state index in [9.17, 15) is 4.79 Å². The SMILES string of the molecule is CC(C)c1ccc2oc(-c3cccc(NC(=S)NC(=O)C=Cc4ccc(-c5cccc(Cl)c5Cl)o4)c3)nc2c1. The molecule has 3 aromatic carbocycles. The topological polar surface area (TPSA) is 80.3 Å². The van der Waals surface area contributed by atoms with Gasteiger partial charge in [0.2, 0.25) is 11.8 Å². The lowest BCUT2D eigenvalue weighted by molar-refractivity contribution is -0.115. The van der Waals surface area contributed by atoms with Crippen LogP contribution < -0.4 is 10.6 Å². The maximum absolute atomic E-state index is 12.4. The molecule has 0 fully saturated rings. The lowest BCUT2D eigenvalue weighted by Gasteiger charge is -2.08. The molecule has 6 nitrogen and oxygen atoms in total. The van der Waals surface area contributed by atoms with Crippen LogP contribution in [0, 0.1) is 0 Å². The fraction of sp³-hybridized carbons (Fsp3) is 0.100. The van der Waals surface area contributed by atoms with E-state index >= 15 is 0 Å². The summed E-state index contributed by atoms with van der Waals surface area (Å²) in [5.41, 5.74) is 4.86. The fourth-order valence-corrected chi connectivity index (χ4v) is 4.52. The molecule has 5 rings (SSSR count). The second kappa shape index (κ2) is 11.5. The molecule has 2 aromatic heterocycles. The number of halogens is 2. The third-order valence-corrected chi connectivity index (χ3v) is 6.95. The van der Waals surface area contributed by atoms with E-state index in [0.29, 0.717) is 44.6 Å². The predicted octanol–water partition coefficient (Wildman–Crippen LogP) is 8.71. The first-order valence-electron chi connectivity index (χ1n) is 12.1. The average molecular weight is 577 g/mol. The van der Waals surface area contributed by atoms with Gasteiger partial charge in [-0.15, -0.1) is 0 Å². The van der Waals surface area contributed by atoms with E-state index < -0.39 is 5.91 Å². The molecule has 0 aliphatic rings. The van der Waals surface area contributed by atoms with Gasteiger partial charge in [0.25, 0.3) is 0 Å². The molecule has 0 saturated heterocycles. The Morgan fingerprint density at radius 2 is 1.82 bits per heavy atom. The highest BCUT2D eigenvalue weighted by Gasteiger charge is 2.12. The van der Waals surface area contributed by atoms with Crippen molar-refractivity contribution in [3.05, 3.63) is 100 Å². The average Bonchev–Trinajstić information content (AvgIpc) is 3.56. The number of oxazole rings is 1. The number of hydrogen-bond donors (Lipinski definition) is 2. The number of benzene rings is 3. The Morgan fingerprint density at radius 3 is 2.64 bits per heavy atom. The van der Waals surface area contributed by atoms with E-state index in [4.69, 9.17) is 44.3 Å². The Labute approximate surface area is 240 Å². The first kappa shape index (κ1) is 26.7. The van der Waals surface area contributed by atoms with Gasteiger partial charge >= 0.3 is 0 Å². The van der Waals surface area contributed by atoms with E-state index in [2.05, 4.69) is 35.5 Å². The molecule has 9 heteroatoms. The number of carbonyl (C=O) groups excluding carboxylic acids is 1. The van der Waals surface area contributed by atoms with Crippen LogP contribution in [0.4, 0.5) is 5.69 Å². The highest BCUT2D eigenvalue weighted by Crippen LogP contribution is 2.34. The van der Waals surface area contributed by atoms with Crippen LogP contribution in [0.1, 0.15) is 31.1 Å². The van der Waals surface area contributed by atoms with Gasteiger partial charge in [0, 0.05) is 22.9 Å². The molecule has 39 heavy (non-hydrogen) atoms. The van der Waals surface area contributed by atoms with Crippen molar-refractivity contribution in [3.8, 4) is 22.8 Å². The van der Waals surface area contributed by atoms with Gasteiger partial charge in [-0.05, 0) is 84.4 Å². The van der Waals surface area contributed by atoms with Gasteiger partial charge in [-0.2, -0.15) is 0 Å². The smallest absolute Gasteiger partial charge is 0.250 e. The standard InChI is InChI=1S/C30H23Cl2N3O3S/c1-17(2)18-9-12-26-24(16-18)34-29(38-26)19-5-3-6-20(15-19)33-30(39)35-27(36)14-11-21-10-13-25(37-21)22-7-4-8-23(31)28(22)32/h3-17H,1-2H3,(H2,33,35,36,39). The minimum atomic E-state index is -0.415. The van der Waals surface area contributed by atoms with E-state index in [1.807, 2.05) is 36.4 Å². The van der Waals surface area contributed by atoms with Crippen LogP contribution >= 0.6 is 35.4 Å². The molecule has 0 radical (unpaired) electrons. The van der Waals surface area contributed by atoms with Crippen LogP contribution in [0.3, 0.4) is 0 Å². The molecule has 2 heterocycles. The Balaban J connectivity index is 1.21. The maximum Gasteiger partial charge on any atom is 0.250 e. The number of nitrogens with one attached hydrogen (secondary N) is 2. The van der Waals surface area contributed by atoms with Crippen molar-refractivity contribution in [3.63, 3.8) is 0 Å². The lowest BCUT2D eigenvalue weighted by Crippen LogP contribution is -2.32. The van der Waals surface area contributed by atoms with Crippen LogP contribution in [-0.4, -0.2) is 16.0 Å². The van der Waals surface area contributed by atoms with Gasteiger partial charge < -0.3 is 14.2 Å². The summed E-state index contributed by atoms with van der Waals surface area (Å²) < 4.78 is 11.7. The monoisotopic (exact) mass is 575 g/mol. The highest BCUT2D eigenvalue weighted by atomic mass is 35.5. The minimum Gasteiger partial charge on any atom is -0.457 e. The summed E-state index contributed by atoms with van der Waals surface area (Å²) in [6, 6.07) is 22.3. The van der Waals surface area contributed by atoms with Crippen LogP contribution in [0.15, 0.2) is 87.7 Å². The molecule has 0 saturated carbocycles. The molecule has 5 aromatic rings. The summed E-state index contributed by atoms with van der Waals surface area (Å²) >= 11 is 17.7. The normalized spacial score (nSPS) is 11.4. The molecule has 0 atom stereocenters. The number of rotatable bonds is 6. The van der Waals surface area contributed by atoms with Crippen LogP contribution in [0.25, 0.3) is 40.0 Å². The molecule has 2 N–H and O–H groups in total. The molecule has 0 aliphatic heterocycles. The molecular weight excluding hydrogens is 553 g/mol. The number of hydrogen-bond acceptors (Lipinski definition) is 5. The van der Waals surface area contributed by atoms with Gasteiger partial charge in [0.1, 0.15) is 17.0 Å². The Bertz CT molecular complexity index is 1720. The predicted molar refractivity (Wildman–Crippen MR) is 161 cm³/mol. The van der Waals surface area contributed by atoms with Crippen molar-refractivity contribution >= 4 is 69.3 Å². The van der Waals surface area contributed by atoms with E-state index in [0.717, 1.165) is 16.7 Å². The molecule has 0 aliphatic carbocycles. The van der Waals surface area contributed by atoms with Gasteiger partial charge in [-0.1, -0.05) is 55.2 Å². The molecule has 0 bridgehead atoms. The molecule has 0 spiro atoms. The number of fused-ring (bicyclic) bond motifs is 1. The number of carbonyl (C=O) groups is 1. The summed E-state index contributed by atoms with van der Waals surface area (Å²) in [4.78, 5) is 17.1. The summed E-state index contributed by atoms with van der Waals surface area (Å²) in [7, 11) is 0. The van der Waals surface area contributed by atoms with Crippen molar-refractivity contribution < 1.29 is 13.6 Å². The Morgan fingerprint density at radius 1 is 1.00 bits per heavy atom. The van der Waals surface area contributed by atoms with Gasteiger partial charge in [0.15, 0.2) is 10.7 Å². The summed E-state index contributed by atoms with van der Waals surface area (Å²) in [5, 5.41) is 6.63. The van der Waals surface area contributed by atoms with Crippen LogP contribution in [-0.2, 0) is 4.79 Å². The van der Waals surface area contributed by atoms with E-state index in [1.54, 1.807) is 36.4 Å². The summed E-state index contributed by atoms with van der Waals surface area (Å²) in [6.45, 7) is 4.28. The van der Waals surface area contributed by atoms with Gasteiger partial charge in [0.05, 0.1) is 10.0 Å². The maximum atomic E-state index is 12.4. The number of nitrogens with zero attached hydrogens (tertiary/aromatic N) is 1. The number of aromatic nitrogens is 1. The van der Waals surface area contributed by atoms with Crippen LogP contribution in [0.5, 0.6) is 0 Å². The van der Waals surface area contributed by atoms with Crippen LogP contribution in [0.2, 0.25) is 10.0 Å². The third kappa shape index (κ3) is 6.23. The van der Waals surface area contributed by atoms with Crippen molar-refractivity contribution in [2.45, 2.75) is 19.8 Å². The number of thiocarbonyl (C=S) groups is 1. The van der Waals surface area contributed by atoms with Gasteiger partial charge in [-0.25, -0.2) is 4.98 Å². The number of furan rings is 1. The summed E-state index contributed by atoms with van der Waals surface area (Å²) in [6.07, 6.45) is 2.87. The lowest BCUT2D eigenvalue weighted by atomic mass is 10.0. The zero-order valence-corrected chi connectivity index (χ0v) is 23.3. The quantitative estimate of drug-likeness (QED) is 0.156. The molecule has 196 valence electrons. The number of anilines is 1. The van der Waals surface area contributed by atoms with Crippen molar-refractivity contribution in [1.82, 2.24) is 10.3 Å². The molecular formula is C30H23Cl2N3O3S. The van der Waals surface area contributed by atoms with Crippen molar-refractivity contribution in [2.24, 2.45) is 0 Å². The number of amides is 1. The Kier molecular flexibility index (Phi) is 7.84. The first-order chi connectivity index (χ1) is 18.8. The largest absolute Gasteiger partial charge is 0.457 e. The van der Waals surface area contributed by atoms with E-state index in [1.165, 1.54) is 11.6 Å². The third-order valence-electron chi connectivity index (χ3n) is 5.93.